The molecule has 0 radical (unpaired) electrons. The summed E-state index contributed by atoms with van der Waals surface area (Å²) in [5.74, 6) is 0.863. The van der Waals surface area contributed by atoms with Gasteiger partial charge in [0.05, 0.1) is 33.3 Å². The van der Waals surface area contributed by atoms with Gasteiger partial charge in [0.25, 0.3) is 0 Å². The Balaban J connectivity index is 0.982. The van der Waals surface area contributed by atoms with Crippen LogP contribution >= 0.6 is 0 Å². The van der Waals surface area contributed by atoms with Crippen LogP contribution in [0.3, 0.4) is 0 Å². The number of aromatic nitrogens is 4. The lowest BCUT2D eigenvalue weighted by Gasteiger charge is -2.13. The number of hydrogen-bond acceptors (Lipinski definition) is 3. The summed E-state index contributed by atoms with van der Waals surface area (Å²) < 4.78 is 11.2. The van der Waals surface area contributed by atoms with Crippen LogP contribution in [0, 0.1) is 0 Å². The second-order valence-electron chi connectivity index (χ2n) is 15.8. The second kappa shape index (κ2) is 13.1. The summed E-state index contributed by atoms with van der Waals surface area (Å²) in [4.78, 5) is 10.2. The fourth-order valence-electron chi connectivity index (χ4n) is 9.61. The predicted octanol–water partition coefficient (Wildman–Crippen LogP) is 14.7. The summed E-state index contributed by atoms with van der Waals surface area (Å²) in [6, 6.07) is 71.2. The van der Waals surface area contributed by atoms with Gasteiger partial charge in [0.2, 0.25) is 0 Å². The third kappa shape index (κ3) is 5.14. The van der Waals surface area contributed by atoms with Crippen molar-refractivity contribution < 1.29 is 4.42 Å². The number of furan rings is 1. The summed E-state index contributed by atoms with van der Waals surface area (Å²) >= 11 is 0. The fraction of sp³-hybridized carbons (Fsp3) is 0. The molecule has 5 heteroatoms. The van der Waals surface area contributed by atoms with E-state index in [1.54, 1.807) is 0 Å². The van der Waals surface area contributed by atoms with Gasteiger partial charge < -0.3 is 8.98 Å². The molecule has 8 aromatic carbocycles. The van der Waals surface area contributed by atoms with Gasteiger partial charge >= 0.3 is 0 Å². The standard InChI is InChI=1S/C56H34N4O/c1-3-13-35(14-4-1)47-34-48-43(20-12-30-57-48)56(58-47)60-50-22-10-8-18-42(50)45-33-38(25-28-52(45)60)40-19-11-23-54-55(40)46-32-37(26-29-53(46)61-54)36-24-27-51-44(31-36)41-17-7-9-21-49(41)59(51)39-15-5-2-6-16-39/h1-34H. The molecule has 0 fully saturated rings. The second-order valence-corrected chi connectivity index (χ2v) is 15.8. The van der Waals surface area contributed by atoms with E-state index in [9.17, 15) is 0 Å². The number of hydrogen-bond donors (Lipinski definition) is 0. The third-order valence-corrected chi connectivity index (χ3v) is 12.4. The highest BCUT2D eigenvalue weighted by Crippen LogP contribution is 2.42. The van der Waals surface area contributed by atoms with E-state index in [2.05, 4.69) is 197 Å². The first kappa shape index (κ1) is 33.7. The Hall–Kier alpha value is -8.28. The Morgan fingerprint density at radius 1 is 0.377 bits per heavy atom. The van der Waals surface area contributed by atoms with Crippen LogP contribution in [0.5, 0.6) is 0 Å². The minimum atomic E-state index is 0.863. The van der Waals surface area contributed by atoms with Crippen LogP contribution in [-0.4, -0.2) is 19.1 Å². The lowest BCUT2D eigenvalue weighted by Crippen LogP contribution is -2.01. The molecule has 284 valence electrons. The fourth-order valence-corrected chi connectivity index (χ4v) is 9.61. The quantitative estimate of drug-likeness (QED) is 0.175. The molecule has 0 aliphatic rings. The topological polar surface area (TPSA) is 48.8 Å². The van der Waals surface area contributed by atoms with E-state index in [-0.39, 0.29) is 0 Å². The largest absolute Gasteiger partial charge is 0.456 e. The van der Waals surface area contributed by atoms with Gasteiger partial charge in [0, 0.05) is 55.2 Å². The first-order valence-corrected chi connectivity index (χ1v) is 20.6. The van der Waals surface area contributed by atoms with Crippen molar-refractivity contribution in [3.63, 3.8) is 0 Å². The summed E-state index contributed by atoms with van der Waals surface area (Å²) in [6.45, 7) is 0. The molecule has 5 heterocycles. The normalized spacial score (nSPS) is 11.9. The van der Waals surface area contributed by atoms with E-state index in [4.69, 9.17) is 14.4 Å². The van der Waals surface area contributed by atoms with Gasteiger partial charge in [0.15, 0.2) is 0 Å². The van der Waals surface area contributed by atoms with Gasteiger partial charge in [-0.3, -0.25) is 9.55 Å². The first-order valence-electron chi connectivity index (χ1n) is 20.6. The Morgan fingerprint density at radius 3 is 1.77 bits per heavy atom. The first-order chi connectivity index (χ1) is 30.2. The zero-order valence-corrected chi connectivity index (χ0v) is 32.8. The molecule has 0 atom stereocenters. The summed E-state index contributed by atoms with van der Waals surface area (Å²) in [7, 11) is 0. The molecule has 61 heavy (non-hydrogen) atoms. The molecule has 5 nitrogen and oxygen atoms in total. The maximum Gasteiger partial charge on any atom is 0.147 e. The molecule has 0 saturated heterocycles. The van der Waals surface area contributed by atoms with Gasteiger partial charge in [-0.05, 0) is 107 Å². The van der Waals surface area contributed by atoms with E-state index in [0.717, 1.165) is 88.7 Å². The molecule has 0 aliphatic heterocycles. The molecule has 0 spiro atoms. The van der Waals surface area contributed by atoms with Gasteiger partial charge in [-0.1, -0.05) is 115 Å². The minimum absolute atomic E-state index is 0.863. The van der Waals surface area contributed by atoms with E-state index < -0.39 is 0 Å². The highest BCUT2D eigenvalue weighted by molar-refractivity contribution is 6.16. The zero-order valence-electron chi connectivity index (χ0n) is 32.8. The van der Waals surface area contributed by atoms with Crippen LogP contribution in [0.15, 0.2) is 211 Å². The monoisotopic (exact) mass is 778 g/mol. The van der Waals surface area contributed by atoms with Gasteiger partial charge in [-0.2, -0.15) is 0 Å². The predicted molar refractivity (Wildman–Crippen MR) is 252 cm³/mol. The van der Waals surface area contributed by atoms with Gasteiger partial charge in [-0.25, -0.2) is 4.98 Å². The SMILES string of the molecule is c1ccc(-c2cc3ncccc3c(-n3c4ccccc4c4cc(-c5cccc6oc7ccc(-c8ccc9c(c8)c8ccccc8n9-c8ccccc8)cc7c56)ccc43)n2)cc1. The maximum absolute atomic E-state index is 6.57. The highest BCUT2D eigenvalue weighted by atomic mass is 16.3. The van der Waals surface area contributed by atoms with Crippen LogP contribution in [0.4, 0.5) is 0 Å². The van der Waals surface area contributed by atoms with Crippen LogP contribution in [0.2, 0.25) is 0 Å². The van der Waals surface area contributed by atoms with E-state index >= 15 is 0 Å². The number of pyridine rings is 2. The smallest absolute Gasteiger partial charge is 0.147 e. The molecule has 0 aliphatic carbocycles. The van der Waals surface area contributed by atoms with Crippen molar-refractivity contribution in [1.82, 2.24) is 19.1 Å². The lowest BCUT2D eigenvalue weighted by atomic mass is 9.96. The average Bonchev–Trinajstić information content (AvgIpc) is 3.99. The van der Waals surface area contributed by atoms with Crippen molar-refractivity contribution in [1.29, 1.82) is 0 Å². The molecular formula is C56H34N4O. The molecule has 0 N–H and O–H groups in total. The lowest BCUT2D eigenvalue weighted by molar-refractivity contribution is 0.669. The molecule has 0 amide bonds. The van der Waals surface area contributed by atoms with Crippen molar-refractivity contribution in [2.24, 2.45) is 0 Å². The Bertz CT molecular complexity index is 3880. The van der Waals surface area contributed by atoms with Gasteiger partial charge in [-0.15, -0.1) is 0 Å². The molecule has 13 aromatic rings. The minimum Gasteiger partial charge on any atom is -0.456 e. The van der Waals surface area contributed by atoms with E-state index in [0.29, 0.717) is 0 Å². The number of rotatable bonds is 5. The number of benzene rings is 8. The Kier molecular flexibility index (Phi) is 7.24. The van der Waals surface area contributed by atoms with E-state index in [1.807, 2.05) is 18.3 Å². The van der Waals surface area contributed by atoms with Crippen molar-refractivity contribution in [2.45, 2.75) is 0 Å². The van der Waals surface area contributed by atoms with Crippen molar-refractivity contribution in [3.05, 3.63) is 206 Å². The number of fused-ring (bicyclic) bond motifs is 10. The number of nitrogens with zero attached hydrogens (tertiary/aromatic N) is 4. The van der Waals surface area contributed by atoms with E-state index in [1.165, 1.54) is 32.8 Å². The zero-order chi connectivity index (χ0) is 40.0. The third-order valence-electron chi connectivity index (χ3n) is 12.4. The average molecular weight is 779 g/mol. The highest BCUT2D eigenvalue weighted by Gasteiger charge is 2.20. The van der Waals surface area contributed by atoms with Crippen LogP contribution in [0.1, 0.15) is 0 Å². The maximum atomic E-state index is 6.57. The summed E-state index contributed by atoms with van der Waals surface area (Å²) in [5, 5.41) is 8.00. The Labute approximate surface area is 350 Å². The van der Waals surface area contributed by atoms with Crippen molar-refractivity contribution in [3.8, 4) is 45.0 Å². The molecule has 13 rings (SSSR count). The molecular weight excluding hydrogens is 745 g/mol. The molecule has 5 aromatic heterocycles. The van der Waals surface area contributed by atoms with Crippen molar-refractivity contribution >= 4 is 76.5 Å². The summed E-state index contributed by atoms with van der Waals surface area (Å²) in [5.41, 5.74) is 14.9. The molecule has 0 bridgehead atoms. The molecule has 0 saturated carbocycles. The summed E-state index contributed by atoms with van der Waals surface area (Å²) in [6.07, 6.45) is 1.85. The van der Waals surface area contributed by atoms with Crippen LogP contribution in [0.25, 0.3) is 121 Å². The van der Waals surface area contributed by atoms with Crippen molar-refractivity contribution in [2.75, 3.05) is 0 Å². The molecule has 0 unspecified atom stereocenters. The van der Waals surface area contributed by atoms with Crippen LogP contribution in [-0.2, 0) is 0 Å². The van der Waals surface area contributed by atoms with Crippen LogP contribution < -0.4 is 0 Å². The number of para-hydroxylation sites is 3. The van der Waals surface area contributed by atoms with Gasteiger partial charge in [0.1, 0.15) is 17.0 Å². The Morgan fingerprint density at radius 2 is 0.984 bits per heavy atom.